The summed E-state index contributed by atoms with van der Waals surface area (Å²) in [7, 11) is 0. The van der Waals surface area contributed by atoms with Gasteiger partial charge in [-0.15, -0.1) is 0 Å². The summed E-state index contributed by atoms with van der Waals surface area (Å²) in [5.41, 5.74) is 4.21. The molecular formula is C21H20N6O2. The van der Waals surface area contributed by atoms with Gasteiger partial charge in [0, 0.05) is 36.5 Å². The summed E-state index contributed by atoms with van der Waals surface area (Å²) in [6, 6.07) is 13.2. The standard InChI is InChI=1S/C21H20N6O2/c1-14-12-15(2)27(25-14)18-8-4-3-7-17(18)23-19(28)9-10-20-24-21(26-29-20)16-6-5-11-22-13-16/h3-8,11-13H,9-10H2,1-2H3,(H,23,28). The van der Waals surface area contributed by atoms with Crippen molar-refractivity contribution in [3.63, 3.8) is 0 Å². The Bertz CT molecular complexity index is 1130. The van der Waals surface area contributed by atoms with E-state index in [0.717, 1.165) is 22.6 Å². The van der Waals surface area contributed by atoms with E-state index in [2.05, 4.69) is 25.5 Å². The lowest BCUT2D eigenvalue weighted by atomic mass is 10.2. The van der Waals surface area contributed by atoms with E-state index < -0.39 is 0 Å². The van der Waals surface area contributed by atoms with Crippen LogP contribution in [-0.4, -0.2) is 30.8 Å². The molecule has 29 heavy (non-hydrogen) atoms. The number of carbonyl (C=O) groups is 1. The number of carbonyl (C=O) groups excluding carboxylic acids is 1. The molecule has 0 spiro atoms. The lowest BCUT2D eigenvalue weighted by Crippen LogP contribution is -2.15. The summed E-state index contributed by atoms with van der Waals surface area (Å²) in [6.07, 6.45) is 3.91. The molecule has 8 nitrogen and oxygen atoms in total. The lowest BCUT2D eigenvalue weighted by Gasteiger charge is -2.12. The first-order valence-corrected chi connectivity index (χ1v) is 9.25. The van der Waals surface area contributed by atoms with E-state index in [1.807, 2.05) is 54.9 Å². The van der Waals surface area contributed by atoms with Gasteiger partial charge in [0.2, 0.25) is 17.6 Å². The Kier molecular flexibility index (Phi) is 5.15. The van der Waals surface area contributed by atoms with E-state index in [1.54, 1.807) is 18.5 Å². The summed E-state index contributed by atoms with van der Waals surface area (Å²) >= 11 is 0. The fourth-order valence-electron chi connectivity index (χ4n) is 3.04. The van der Waals surface area contributed by atoms with Crippen LogP contribution in [0.15, 0.2) is 59.4 Å². The predicted octanol–water partition coefficient (Wildman–Crippen LogP) is 3.51. The summed E-state index contributed by atoms with van der Waals surface area (Å²) in [5, 5.41) is 11.4. The molecule has 4 aromatic rings. The van der Waals surface area contributed by atoms with Gasteiger partial charge in [-0.3, -0.25) is 9.78 Å². The molecule has 8 heteroatoms. The predicted molar refractivity (Wildman–Crippen MR) is 108 cm³/mol. The van der Waals surface area contributed by atoms with Crippen molar-refractivity contribution in [1.82, 2.24) is 24.9 Å². The Balaban J connectivity index is 1.42. The van der Waals surface area contributed by atoms with E-state index in [4.69, 9.17) is 4.52 Å². The SMILES string of the molecule is Cc1cc(C)n(-c2ccccc2NC(=O)CCc2nc(-c3cccnc3)no2)n1. The Labute approximate surface area is 167 Å². The van der Waals surface area contributed by atoms with E-state index >= 15 is 0 Å². The molecule has 146 valence electrons. The largest absolute Gasteiger partial charge is 0.339 e. The van der Waals surface area contributed by atoms with Crippen LogP contribution in [0.5, 0.6) is 0 Å². The number of nitrogens with one attached hydrogen (secondary N) is 1. The molecule has 1 aromatic carbocycles. The van der Waals surface area contributed by atoms with E-state index in [9.17, 15) is 4.79 Å². The quantitative estimate of drug-likeness (QED) is 0.543. The van der Waals surface area contributed by atoms with Gasteiger partial charge in [0.05, 0.1) is 17.1 Å². The van der Waals surface area contributed by atoms with Crippen LogP contribution in [0, 0.1) is 13.8 Å². The average molecular weight is 388 g/mol. The second kappa shape index (κ2) is 8.05. The molecule has 1 N–H and O–H groups in total. The van der Waals surface area contributed by atoms with Crippen LogP contribution in [0.25, 0.3) is 17.1 Å². The van der Waals surface area contributed by atoms with Crippen LogP contribution in [0.1, 0.15) is 23.7 Å². The molecule has 0 unspecified atom stereocenters. The number of aryl methyl sites for hydroxylation is 3. The van der Waals surface area contributed by atoms with Crippen molar-refractivity contribution in [2.75, 3.05) is 5.32 Å². The molecule has 0 saturated carbocycles. The van der Waals surface area contributed by atoms with Gasteiger partial charge in [-0.25, -0.2) is 4.68 Å². The zero-order valence-corrected chi connectivity index (χ0v) is 16.2. The van der Waals surface area contributed by atoms with Crippen LogP contribution >= 0.6 is 0 Å². The van der Waals surface area contributed by atoms with Crippen LogP contribution in [0.2, 0.25) is 0 Å². The first kappa shape index (κ1) is 18.5. The van der Waals surface area contributed by atoms with Crippen molar-refractivity contribution in [3.8, 4) is 17.1 Å². The van der Waals surface area contributed by atoms with Gasteiger partial charge >= 0.3 is 0 Å². The molecule has 0 atom stereocenters. The number of amides is 1. The minimum Gasteiger partial charge on any atom is -0.339 e. The van der Waals surface area contributed by atoms with E-state index in [-0.39, 0.29) is 12.3 Å². The maximum Gasteiger partial charge on any atom is 0.227 e. The van der Waals surface area contributed by atoms with Gasteiger partial charge in [0.15, 0.2) is 0 Å². The topological polar surface area (TPSA) is 98.7 Å². The van der Waals surface area contributed by atoms with Crippen molar-refractivity contribution in [2.45, 2.75) is 26.7 Å². The smallest absolute Gasteiger partial charge is 0.227 e. The highest BCUT2D eigenvalue weighted by molar-refractivity contribution is 5.92. The van der Waals surface area contributed by atoms with Crippen molar-refractivity contribution in [1.29, 1.82) is 0 Å². The van der Waals surface area contributed by atoms with Gasteiger partial charge in [0.1, 0.15) is 0 Å². The third-order valence-corrected chi connectivity index (χ3v) is 4.37. The third kappa shape index (κ3) is 4.21. The highest BCUT2D eigenvalue weighted by Crippen LogP contribution is 2.22. The van der Waals surface area contributed by atoms with E-state index in [0.29, 0.717) is 23.8 Å². The molecule has 0 fully saturated rings. The Morgan fingerprint density at radius 2 is 2.03 bits per heavy atom. The molecule has 0 aliphatic rings. The number of hydrogen-bond donors (Lipinski definition) is 1. The normalized spacial score (nSPS) is 10.8. The van der Waals surface area contributed by atoms with Gasteiger partial charge in [0.25, 0.3) is 0 Å². The molecule has 4 rings (SSSR count). The maximum absolute atomic E-state index is 12.5. The van der Waals surface area contributed by atoms with Crippen molar-refractivity contribution in [2.24, 2.45) is 0 Å². The Morgan fingerprint density at radius 3 is 2.79 bits per heavy atom. The summed E-state index contributed by atoms with van der Waals surface area (Å²) in [6.45, 7) is 3.92. The number of para-hydroxylation sites is 2. The number of anilines is 1. The number of nitrogens with zero attached hydrogens (tertiary/aromatic N) is 5. The molecule has 0 aliphatic carbocycles. The summed E-state index contributed by atoms with van der Waals surface area (Å²) in [5.74, 6) is 0.731. The highest BCUT2D eigenvalue weighted by Gasteiger charge is 2.13. The monoisotopic (exact) mass is 388 g/mol. The Hall–Kier alpha value is -3.81. The van der Waals surface area contributed by atoms with Crippen molar-refractivity contribution in [3.05, 3.63) is 72.1 Å². The molecule has 0 bridgehead atoms. The summed E-state index contributed by atoms with van der Waals surface area (Å²) < 4.78 is 7.07. The van der Waals surface area contributed by atoms with E-state index in [1.165, 1.54) is 0 Å². The number of benzene rings is 1. The zero-order valence-electron chi connectivity index (χ0n) is 16.2. The van der Waals surface area contributed by atoms with Crippen LogP contribution in [-0.2, 0) is 11.2 Å². The Morgan fingerprint density at radius 1 is 1.17 bits per heavy atom. The minimum atomic E-state index is -0.139. The molecule has 3 heterocycles. The molecular weight excluding hydrogens is 368 g/mol. The molecule has 0 radical (unpaired) electrons. The molecule has 0 aliphatic heterocycles. The second-order valence-electron chi connectivity index (χ2n) is 6.66. The maximum atomic E-state index is 12.5. The van der Waals surface area contributed by atoms with Crippen LogP contribution in [0.3, 0.4) is 0 Å². The van der Waals surface area contributed by atoms with Gasteiger partial charge in [-0.1, -0.05) is 17.3 Å². The van der Waals surface area contributed by atoms with Gasteiger partial charge < -0.3 is 9.84 Å². The molecule has 1 amide bonds. The summed E-state index contributed by atoms with van der Waals surface area (Å²) in [4.78, 5) is 20.9. The first-order valence-electron chi connectivity index (χ1n) is 9.25. The molecule has 0 saturated heterocycles. The highest BCUT2D eigenvalue weighted by atomic mass is 16.5. The van der Waals surface area contributed by atoms with Crippen molar-refractivity contribution < 1.29 is 9.32 Å². The average Bonchev–Trinajstić information content (AvgIpc) is 3.33. The number of rotatable bonds is 6. The number of hydrogen-bond acceptors (Lipinski definition) is 6. The number of aromatic nitrogens is 5. The fraction of sp³-hybridized carbons (Fsp3) is 0.190. The first-order chi connectivity index (χ1) is 14.1. The van der Waals surface area contributed by atoms with Crippen LogP contribution in [0.4, 0.5) is 5.69 Å². The zero-order chi connectivity index (χ0) is 20.2. The molecule has 3 aromatic heterocycles. The van der Waals surface area contributed by atoms with Gasteiger partial charge in [-0.2, -0.15) is 10.1 Å². The van der Waals surface area contributed by atoms with Crippen molar-refractivity contribution >= 4 is 11.6 Å². The lowest BCUT2D eigenvalue weighted by molar-refractivity contribution is -0.116. The third-order valence-electron chi connectivity index (χ3n) is 4.37. The van der Waals surface area contributed by atoms with Crippen LogP contribution < -0.4 is 5.32 Å². The number of pyridine rings is 1. The second-order valence-corrected chi connectivity index (χ2v) is 6.66. The minimum absolute atomic E-state index is 0.139. The fourth-order valence-corrected chi connectivity index (χ4v) is 3.04. The van der Waals surface area contributed by atoms with Gasteiger partial charge in [-0.05, 0) is 44.2 Å².